The average molecular weight is 253 g/mol. The first kappa shape index (κ1) is 11.2. The second-order valence-corrected chi connectivity index (χ2v) is 3.99. The number of fused-ring (bicyclic) bond motifs is 1. The predicted octanol–water partition coefficient (Wildman–Crippen LogP) is 1.51. The summed E-state index contributed by atoms with van der Waals surface area (Å²) in [5, 5.41) is 11.6. The summed E-state index contributed by atoms with van der Waals surface area (Å²) in [6.45, 7) is 0. The van der Waals surface area contributed by atoms with E-state index in [1.54, 1.807) is 18.6 Å². The molecule has 0 amide bonds. The number of hydrogen-bond donors (Lipinski definition) is 2. The molecule has 0 fully saturated rings. The summed E-state index contributed by atoms with van der Waals surface area (Å²) in [7, 11) is 0. The van der Waals surface area contributed by atoms with E-state index in [-0.39, 0.29) is 5.84 Å². The summed E-state index contributed by atoms with van der Waals surface area (Å²) in [5.41, 5.74) is 8.70. The standard InChI is InChI=1S/C13H11N5O/c14-13(17-19)11-7-9(5-6-15-11)18-8-16-10-3-1-2-4-12(10)18/h1-8,19H,(H2,14,17). The maximum atomic E-state index is 8.69. The van der Waals surface area contributed by atoms with Gasteiger partial charge in [-0.15, -0.1) is 0 Å². The number of nitrogens with zero attached hydrogens (tertiary/aromatic N) is 4. The smallest absolute Gasteiger partial charge is 0.188 e. The van der Waals surface area contributed by atoms with Gasteiger partial charge in [-0.1, -0.05) is 17.3 Å². The van der Waals surface area contributed by atoms with Crippen LogP contribution in [0.15, 0.2) is 54.1 Å². The summed E-state index contributed by atoms with van der Waals surface area (Å²) in [4.78, 5) is 8.37. The van der Waals surface area contributed by atoms with Gasteiger partial charge in [-0.2, -0.15) is 0 Å². The zero-order valence-corrected chi connectivity index (χ0v) is 9.93. The van der Waals surface area contributed by atoms with Crippen LogP contribution in [0.25, 0.3) is 16.7 Å². The minimum Gasteiger partial charge on any atom is -0.409 e. The van der Waals surface area contributed by atoms with E-state index in [4.69, 9.17) is 10.9 Å². The number of hydrogen-bond acceptors (Lipinski definition) is 4. The molecule has 94 valence electrons. The molecule has 3 rings (SSSR count). The first-order chi connectivity index (χ1) is 9.29. The predicted molar refractivity (Wildman–Crippen MR) is 71.4 cm³/mol. The Morgan fingerprint density at radius 3 is 2.89 bits per heavy atom. The van der Waals surface area contributed by atoms with Crippen molar-refractivity contribution < 1.29 is 5.21 Å². The molecule has 1 aromatic carbocycles. The van der Waals surface area contributed by atoms with Crippen LogP contribution >= 0.6 is 0 Å². The van der Waals surface area contributed by atoms with Crippen molar-refractivity contribution in [2.24, 2.45) is 10.9 Å². The van der Waals surface area contributed by atoms with Gasteiger partial charge in [0.1, 0.15) is 12.0 Å². The van der Waals surface area contributed by atoms with Crippen molar-refractivity contribution in [2.75, 3.05) is 0 Å². The molecule has 19 heavy (non-hydrogen) atoms. The zero-order chi connectivity index (χ0) is 13.2. The molecular formula is C13H11N5O. The first-order valence-electron chi connectivity index (χ1n) is 5.66. The van der Waals surface area contributed by atoms with Gasteiger partial charge in [0.05, 0.1) is 16.7 Å². The molecule has 0 unspecified atom stereocenters. The van der Waals surface area contributed by atoms with E-state index in [1.165, 1.54) is 0 Å². The molecule has 3 N–H and O–H groups in total. The van der Waals surface area contributed by atoms with Gasteiger partial charge < -0.3 is 10.9 Å². The highest BCUT2D eigenvalue weighted by Crippen LogP contribution is 2.17. The van der Waals surface area contributed by atoms with Crippen LogP contribution < -0.4 is 5.73 Å². The second kappa shape index (κ2) is 4.41. The topological polar surface area (TPSA) is 89.3 Å². The van der Waals surface area contributed by atoms with E-state index < -0.39 is 0 Å². The lowest BCUT2D eigenvalue weighted by molar-refractivity contribution is 0.318. The molecular weight excluding hydrogens is 242 g/mol. The Kier molecular flexibility index (Phi) is 2.60. The molecule has 0 saturated carbocycles. The minimum atomic E-state index is -0.0220. The van der Waals surface area contributed by atoms with Gasteiger partial charge in [-0.25, -0.2) is 4.98 Å². The van der Waals surface area contributed by atoms with Gasteiger partial charge in [-0.05, 0) is 24.3 Å². The van der Waals surface area contributed by atoms with Crippen molar-refractivity contribution in [3.8, 4) is 5.69 Å². The Labute approximate surface area is 108 Å². The monoisotopic (exact) mass is 253 g/mol. The Balaban J connectivity index is 2.17. The van der Waals surface area contributed by atoms with Crippen LogP contribution in [0.4, 0.5) is 0 Å². The fraction of sp³-hybridized carbons (Fsp3) is 0. The van der Waals surface area contributed by atoms with Crippen LogP contribution in [0.1, 0.15) is 5.69 Å². The van der Waals surface area contributed by atoms with Gasteiger partial charge in [0, 0.05) is 6.20 Å². The van der Waals surface area contributed by atoms with Crippen LogP contribution in [0, 0.1) is 0 Å². The lowest BCUT2D eigenvalue weighted by Gasteiger charge is -2.05. The summed E-state index contributed by atoms with van der Waals surface area (Å²) < 4.78 is 1.92. The summed E-state index contributed by atoms with van der Waals surface area (Å²) in [5.74, 6) is -0.0220. The maximum Gasteiger partial charge on any atom is 0.188 e. The largest absolute Gasteiger partial charge is 0.409 e. The van der Waals surface area contributed by atoms with Crippen LogP contribution in [0.5, 0.6) is 0 Å². The van der Waals surface area contributed by atoms with E-state index in [0.717, 1.165) is 16.7 Å². The lowest BCUT2D eigenvalue weighted by atomic mass is 10.2. The number of para-hydroxylation sites is 2. The number of pyridine rings is 1. The normalized spacial score (nSPS) is 11.9. The third-order valence-corrected chi connectivity index (χ3v) is 2.85. The molecule has 0 radical (unpaired) electrons. The van der Waals surface area contributed by atoms with Crippen LogP contribution in [-0.2, 0) is 0 Å². The molecule has 0 aliphatic heterocycles. The van der Waals surface area contributed by atoms with Gasteiger partial charge in [0.25, 0.3) is 0 Å². The maximum absolute atomic E-state index is 8.69. The molecule has 0 atom stereocenters. The summed E-state index contributed by atoms with van der Waals surface area (Å²) >= 11 is 0. The molecule has 0 aliphatic carbocycles. The zero-order valence-electron chi connectivity index (χ0n) is 9.93. The van der Waals surface area contributed by atoms with Crippen molar-refractivity contribution in [2.45, 2.75) is 0 Å². The van der Waals surface area contributed by atoms with Crippen molar-refractivity contribution in [3.05, 3.63) is 54.6 Å². The molecule has 6 nitrogen and oxygen atoms in total. The molecule has 2 heterocycles. The number of imidazole rings is 1. The number of amidine groups is 1. The van der Waals surface area contributed by atoms with Crippen molar-refractivity contribution in [3.63, 3.8) is 0 Å². The van der Waals surface area contributed by atoms with E-state index in [9.17, 15) is 0 Å². The fourth-order valence-electron chi connectivity index (χ4n) is 1.93. The van der Waals surface area contributed by atoms with Gasteiger partial charge in [0.2, 0.25) is 0 Å². The SMILES string of the molecule is NC(=NO)c1cc(-n2cnc3ccccc32)ccn1. The molecule has 0 saturated heterocycles. The average Bonchev–Trinajstić information content (AvgIpc) is 2.90. The van der Waals surface area contributed by atoms with Crippen molar-refractivity contribution >= 4 is 16.9 Å². The summed E-state index contributed by atoms with van der Waals surface area (Å²) in [6.07, 6.45) is 3.34. The van der Waals surface area contributed by atoms with Crippen LogP contribution in [0.2, 0.25) is 0 Å². The van der Waals surface area contributed by atoms with Crippen LogP contribution in [-0.4, -0.2) is 25.6 Å². The Hall–Kier alpha value is -2.89. The number of oxime groups is 1. The lowest BCUT2D eigenvalue weighted by Crippen LogP contribution is -2.15. The van der Waals surface area contributed by atoms with Gasteiger partial charge in [0.15, 0.2) is 5.84 Å². The fourth-order valence-corrected chi connectivity index (χ4v) is 1.93. The minimum absolute atomic E-state index is 0.0220. The number of nitrogens with two attached hydrogens (primary N) is 1. The Bertz CT molecular complexity index is 762. The molecule has 0 spiro atoms. The van der Waals surface area contributed by atoms with E-state index in [0.29, 0.717) is 5.69 Å². The molecule has 2 aromatic heterocycles. The molecule has 0 bridgehead atoms. The molecule has 0 aliphatic rings. The first-order valence-corrected chi connectivity index (χ1v) is 5.66. The quantitative estimate of drug-likeness (QED) is 0.313. The van der Waals surface area contributed by atoms with E-state index in [2.05, 4.69) is 15.1 Å². The highest BCUT2D eigenvalue weighted by atomic mass is 16.4. The van der Waals surface area contributed by atoms with E-state index >= 15 is 0 Å². The highest BCUT2D eigenvalue weighted by molar-refractivity contribution is 5.95. The number of benzene rings is 1. The van der Waals surface area contributed by atoms with Crippen molar-refractivity contribution in [1.82, 2.24) is 14.5 Å². The third kappa shape index (κ3) is 1.89. The van der Waals surface area contributed by atoms with Crippen LogP contribution in [0.3, 0.4) is 0 Å². The third-order valence-electron chi connectivity index (χ3n) is 2.85. The molecule has 3 aromatic rings. The second-order valence-electron chi connectivity index (χ2n) is 3.99. The van der Waals surface area contributed by atoms with Gasteiger partial charge >= 0.3 is 0 Å². The molecule has 6 heteroatoms. The summed E-state index contributed by atoms with van der Waals surface area (Å²) in [6, 6.07) is 11.4. The highest BCUT2D eigenvalue weighted by Gasteiger charge is 2.06. The van der Waals surface area contributed by atoms with E-state index in [1.807, 2.05) is 34.9 Å². The number of rotatable bonds is 2. The number of aromatic nitrogens is 3. The Morgan fingerprint density at radius 2 is 2.05 bits per heavy atom. The Morgan fingerprint density at radius 1 is 1.21 bits per heavy atom. The van der Waals surface area contributed by atoms with Gasteiger partial charge in [-0.3, -0.25) is 9.55 Å². The van der Waals surface area contributed by atoms with Crippen molar-refractivity contribution in [1.29, 1.82) is 0 Å².